The summed E-state index contributed by atoms with van der Waals surface area (Å²) in [6.07, 6.45) is 4.11. The van der Waals surface area contributed by atoms with E-state index in [1.54, 1.807) is 0 Å². The van der Waals surface area contributed by atoms with Crippen molar-refractivity contribution in [2.24, 2.45) is 0 Å². The number of hydrogen-bond acceptors (Lipinski definition) is 4. The summed E-state index contributed by atoms with van der Waals surface area (Å²) in [6.45, 7) is 2.84. The van der Waals surface area contributed by atoms with Crippen molar-refractivity contribution in [2.75, 3.05) is 0 Å². The largest absolute Gasteiger partial charge is 0.248 e. The quantitative estimate of drug-likeness (QED) is 0.876. The molecular formula is C11H18N4O2S. The van der Waals surface area contributed by atoms with Crippen LogP contribution in [0.25, 0.3) is 0 Å². The molecule has 1 N–H and O–H groups in total. The van der Waals surface area contributed by atoms with Gasteiger partial charge in [0.05, 0.1) is 11.3 Å². The van der Waals surface area contributed by atoms with Gasteiger partial charge in [0, 0.05) is 13.0 Å². The Balaban J connectivity index is 1.84. The Morgan fingerprint density at radius 2 is 2.17 bits per heavy atom. The van der Waals surface area contributed by atoms with E-state index in [2.05, 4.69) is 14.8 Å². The van der Waals surface area contributed by atoms with E-state index in [1.165, 1.54) is 0 Å². The van der Waals surface area contributed by atoms with Gasteiger partial charge < -0.3 is 0 Å². The van der Waals surface area contributed by atoms with E-state index < -0.39 is 10.0 Å². The Labute approximate surface area is 107 Å². The molecule has 100 valence electrons. The molecule has 0 aromatic carbocycles. The van der Waals surface area contributed by atoms with Crippen LogP contribution >= 0.6 is 0 Å². The average molecular weight is 270 g/mol. The van der Waals surface area contributed by atoms with Crippen LogP contribution in [0.4, 0.5) is 0 Å². The van der Waals surface area contributed by atoms with Crippen molar-refractivity contribution in [1.82, 2.24) is 19.5 Å². The van der Waals surface area contributed by atoms with Crippen LogP contribution in [0.15, 0.2) is 0 Å². The van der Waals surface area contributed by atoms with E-state index >= 15 is 0 Å². The topological polar surface area (TPSA) is 76.9 Å². The maximum Gasteiger partial charge on any atom is 0.215 e. The number of nitrogens with zero attached hydrogens (tertiary/aromatic N) is 3. The lowest BCUT2D eigenvalue weighted by Gasteiger charge is -2.22. The molecule has 1 atom stereocenters. The van der Waals surface area contributed by atoms with Crippen molar-refractivity contribution in [3.8, 4) is 0 Å². The van der Waals surface area contributed by atoms with Gasteiger partial charge in [-0.05, 0) is 25.7 Å². The molecule has 0 radical (unpaired) electrons. The fourth-order valence-electron chi connectivity index (χ4n) is 2.33. The fourth-order valence-corrected chi connectivity index (χ4v) is 3.90. The van der Waals surface area contributed by atoms with Gasteiger partial charge in [0.25, 0.3) is 0 Å². The number of sulfonamides is 1. The van der Waals surface area contributed by atoms with Crippen molar-refractivity contribution >= 4 is 10.0 Å². The van der Waals surface area contributed by atoms with E-state index in [4.69, 9.17) is 0 Å². The first kappa shape index (κ1) is 12.1. The minimum Gasteiger partial charge on any atom is -0.248 e. The maximum atomic E-state index is 12.0. The Bertz CT molecular complexity index is 547. The van der Waals surface area contributed by atoms with Gasteiger partial charge in [0.15, 0.2) is 5.82 Å². The van der Waals surface area contributed by atoms with Gasteiger partial charge in [0.1, 0.15) is 5.82 Å². The van der Waals surface area contributed by atoms with Gasteiger partial charge in [-0.1, -0.05) is 6.92 Å². The van der Waals surface area contributed by atoms with Gasteiger partial charge in [-0.2, -0.15) is 5.10 Å². The summed E-state index contributed by atoms with van der Waals surface area (Å²) in [7, 11) is -3.16. The predicted molar refractivity (Wildman–Crippen MR) is 66.5 cm³/mol. The number of hydrogen-bond donors (Lipinski definition) is 1. The van der Waals surface area contributed by atoms with Crippen molar-refractivity contribution in [3.05, 3.63) is 11.6 Å². The van der Waals surface area contributed by atoms with Crippen LogP contribution in [0.1, 0.15) is 50.3 Å². The minimum absolute atomic E-state index is 0.179. The minimum atomic E-state index is -3.16. The number of aryl methyl sites for hydroxylation is 2. The van der Waals surface area contributed by atoms with Gasteiger partial charge in [-0.15, -0.1) is 0 Å². The molecule has 3 rings (SSSR count). The van der Waals surface area contributed by atoms with Crippen LogP contribution in [0.2, 0.25) is 0 Å². The highest BCUT2D eigenvalue weighted by atomic mass is 32.2. The molecule has 1 saturated carbocycles. The SMILES string of the molecule is CCc1nc2n(n1)CCCC2NS(=O)(=O)C1CC1. The molecule has 0 amide bonds. The molecule has 1 aliphatic heterocycles. The summed E-state index contributed by atoms with van der Waals surface area (Å²) in [6, 6.07) is -0.197. The van der Waals surface area contributed by atoms with Crippen LogP contribution in [0.5, 0.6) is 0 Å². The zero-order valence-electron chi connectivity index (χ0n) is 10.5. The number of rotatable bonds is 4. The van der Waals surface area contributed by atoms with Gasteiger partial charge >= 0.3 is 0 Å². The van der Waals surface area contributed by atoms with Crippen LogP contribution in [-0.4, -0.2) is 28.4 Å². The van der Waals surface area contributed by atoms with Crippen molar-refractivity contribution in [3.63, 3.8) is 0 Å². The molecule has 1 fully saturated rings. The summed E-state index contributed by atoms with van der Waals surface area (Å²) in [5.41, 5.74) is 0. The standard InChI is InChI=1S/C11H18N4O2S/c1-2-10-12-11-9(4-3-7-15(11)13-10)14-18(16,17)8-5-6-8/h8-9,14H,2-7H2,1H3. The molecule has 6 nitrogen and oxygen atoms in total. The average Bonchev–Trinajstić information content (AvgIpc) is 3.10. The van der Waals surface area contributed by atoms with E-state index in [1.807, 2.05) is 11.6 Å². The predicted octanol–water partition coefficient (Wildman–Crippen LogP) is 0.757. The molecule has 0 saturated heterocycles. The lowest BCUT2D eigenvalue weighted by atomic mass is 10.1. The van der Waals surface area contributed by atoms with Crippen LogP contribution in [-0.2, 0) is 23.0 Å². The molecule has 0 bridgehead atoms. The highest BCUT2D eigenvalue weighted by Crippen LogP contribution is 2.31. The monoisotopic (exact) mass is 270 g/mol. The zero-order valence-corrected chi connectivity index (χ0v) is 11.3. The molecule has 1 unspecified atom stereocenters. The van der Waals surface area contributed by atoms with Gasteiger partial charge in [-0.3, -0.25) is 0 Å². The lowest BCUT2D eigenvalue weighted by Crippen LogP contribution is -2.35. The molecule has 1 aromatic rings. The van der Waals surface area contributed by atoms with Crippen molar-refractivity contribution in [1.29, 1.82) is 0 Å². The first-order valence-electron chi connectivity index (χ1n) is 6.55. The fraction of sp³-hybridized carbons (Fsp3) is 0.818. The molecular weight excluding hydrogens is 252 g/mol. The Hall–Kier alpha value is -0.950. The summed E-state index contributed by atoms with van der Waals surface area (Å²) in [5.74, 6) is 1.57. The maximum absolute atomic E-state index is 12.0. The van der Waals surface area contributed by atoms with E-state index in [0.717, 1.165) is 50.3 Å². The second-order valence-electron chi connectivity index (χ2n) is 5.02. The Morgan fingerprint density at radius 1 is 1.39 bits per heavy atom. The lowest BCUT2D eigenvalue weighted by molar-refractivity contribution is 0.399. The molecule has 0 spiro atoms. The molecule has 1 aromatic heterocycles. The number of nitrogens with one attached hydrogen (secondary N) is 1. The summed E-state index contributed by atoms with van der Waals surface area (Å²) < 4.78 is 28.6. The summed E-state index contributed by atoms with van der Waals surface area (Å²) in [5, 5.41) is 4.20. The Morgan fingerprint density at radius 3 is 2.83 bits per heavy atom. The van der Waals surface area contributed by atoms with Crippen molar-refractivity contribution < 1.29 is 8.42 Å². The first-order chi connectivity index (χ1) is 8.60. The second-order valence-corrected chi connectivity index (χ2v) is 7.01. The molecule has 7 heteroatoms. The molecule has 1 aliphatic carbocycles. The summed E-state index contributed by atoms with van der Waals surface area (Å²) >= 11 is 0. The third kappa shape index (κ3) is 2.16. The normalized spacial score (nSPS) is 23.9. The Kier molecular flexibility index (Phi) is 2.90. The smallest absolute Gasteiger partial charge is 0.215 e. The van der Waals surface area contributed by atoms with E-state index in [9.17, 15) is 8.42 Å². The molecule has 2 aliphatic rings. The van der Waals surface area contributed by atoms with Crippen molar-refractivity contribution in [2.45, 2.75) is 56.9 Å². The second kappa shape index (κ2) is 4.31. The first-order valence-corrected chi connectivity index (χ1v) is 8.09. The van der Waals surface area contributed by atoms with E-state index in [-0.39, 0.29) is 11.3 Å². The highest BCUT2D eigenvalue weighted by Gasteiger charge is 2.38. The zero-order chi connectivity index (χ0) is 12.8. The highest BCUT2D eigenvalue weighted by molar-refractivity contribution is 7.90. The summed E-state index contributed by atoms with van der Waals surface area (Å²) in [4.78, 5) is 4.44. The molecule has 18 heavy (non-hydrogen) atoms. The van der Waals surface area contributed by atoms with Gasteiger partial charge in [0.2, 0.25) is 10.0 Å². The number of fused-ring (bicyclic) bond motifs is 1. The number of aromatic nitrogens is 3. The van der Waals surface area contributed by atoms with Crippen LogP contribution < -0.4 is 4.72 Å². The third-order valence-corrected chi connectivity index (χ3v) is 5.47. The third-order valence-electron chi connectivity index (χ3n) is 3.50. The van der Waals surface area contributed by atoms with Crippen LogP contribution in [0, 0.1) is 0 Å². The van der Waals surface area contributed by atoms with E-state index in [0.29, 0.717) is 0 Å². The van der Waals surface area contributed by atoms with Crippen LogP contribution in [0.3, 0.4) is 0 Å². The van der Waals surface area contributed by atoms with Gasteiger partial charge in [-0.25, -0.2) is 22.8 Å². The molecule has 2 heterocycles.